The number of aromatic nitrogens is 4. The van der Waals surface area contributed by atoms with E-state index in [9.17, 15) is 4.79 Å². The lowest BCUT2D eigenvalue weighted by Gasteiger charge is -2.17. The van der Waals surface area contributed by atoms with Gasteiger partial charge < -0.3 is 4.90 Å². The van der Waals surface area contributed by atoms with Crippen LogP contribution in [0.4, 0.5) is 0 Å². The topological polar surface area (TPSA) is 55.4 Å². The highest BCUT2D eigenvalue weighted by Crippen LogP contribution is 2.33. The Morgan fingerprint density at radius 2 is 1.65 bits per heavy atom. The van der Waals surface area contributed by atoms with Crippen LogP contribution in [0.15, 0.2) is 71.7 Å². The lowest BCUT2D eigenvalue weighted by molar-refractivity contribution is 0.293. The molecule has 160 valence electrons. The molecule has 0 bridgehead atoms. The highest BCUT2D eigenvalue weighted by Gasteiger charge is 2.18. The van der Waals surface area contributed by atoms with E-state index in [0.29, 0.717) is 6.54 Å². The fraction of sp³-hybridized carbons (Fsp3) is 0.320. The van der Waals surface area contributed by atoms with Crippen molar-refractivity contribution in [2.75, 3.05) is 19.6 Å². The Balaban J connectivity index is 1.67. The van der Waals surface area contributed by atoms with Gasteiger partial charge in [-0.1, -0.05) is 50.2 Å². The minimum absolute atomic E-state index is 0.0654. The number of fused-ring (bicyclic) bond motifs is 1. The van der Waals surface area contributed by atoms with Crippen LogP contribution in [0.2, 0.25) is 0 Å². The van der Waals surface area contributed by atoms with Crippen molar-refractivity contribution in [2.24, 2.45) is 0 Å². The molecule has 1 aromatic carbocycles. The van der Waals surface area contributed by atoms with Crippen molar-refractivity contribution in [3.05, 3.63) is 77.2 Å². The SMILES string of the molecule is CCN(CC)CCCCn1nc(-c2c(-c3ccccc3)nn3ccccc23)ccc1=O. The summed E-state index contributed by atoms with van der Waals surface area (Å²) in [5.41, 5.74) is 4.52. The van der Waals surface area contributed by atoms with E-state index in [1.807, 2.05) is 53.2 Å². The third-order valence-electron chi connectivity index (χ3n) is 5.70. The maximum Gasteiger partial charge on any atom is 0.266 e. The second-order valence-electron chi connectivity index (χ2n) is 7.63. The zero-order valence-electron chi connectivity index (χ0n) is 18.2. The van der Waals surface area contributed by atoms with E-state index in [1.54, 1.807) is 10.7 Å². The van der Waals surface area contributed by atoms with Gasteiger partial charge in [0.15, 0.2) is 0 Å². The summed E-state index contributed by atoms with van der Waals surface area (Å²) in [6, 6.07) is 19.5. The third kappa shape index (κ3) is 4.59. The first-order valence-electron chi connectivity index (χ1n) is 11.0. The van der Waals surface area contributed by atoms with Gasteiger partial charge in [-0.05, 0) is 50.7 Å². The minimum Gasteiger partial charge on any atom is -0.304 e. The van der Waals surface area contributed by atoms with Gasteiger partial charge in [0.1, 0.15) is 5.69 Å². The van der Waals surface area contributed by atoms with Crippen molar-refractivity contribution in [1.29, 1.82) is 0 Å². The fourth-order valence-electron chi connectivity index (χ4n) is 3.93. The summed E-state index contributed by atoms with van der Waals surface area (Å²) in [7, 11) is 0. The fourth-order valence-corrected chi connectivity index (χ4v) is 3.93. The maximum absolute atomic E-state index is 12.5. The molecule has 0 saturated heterocycles. The van der Waals surface area contributed by atoms with E-state index >= 15 is 0 Å². The van der Waals surface area contributed by atoms with Crippen LogP contribution in [0.25, 0.3) is 28.0 Å². The summed E-state index contributed by atoms with van der Waals surface area (Å²) in [6.45, 7) is 8.14. The molecular formula is C25H29N5O. The van der Waals surface area contributed by atoms with Gasteiger partial charge in [0.25, 0.3) is 5.56 Å². The molecule has 0 atom stereocenters. The number of nitrogens with zero attached hydrogens (tertiary/aromatic N) is 5. The smallest absolute Gasteiger partial charge is 0.266 e. The third-order valence-corrected chi connectivity index (χ3v) is 5.70. The van der Waals surface area contributed by atoms with E-state index < -0.39 is 0 Å². The van der Waals surface area contributed by atoms with Crippen LogP contribution in [0.3, 0.4) is 0 Å². The molecule has 6 heteroatoms. The molecule has 3 aromatic heterocycles. The second-order valence-corrected chi connectivity index (χ2v) is 7.63. The Kier molecular flexibility index (Phi) is 6.57. The molecule has 0 fully saturated rings. The lowest BCUT2D eigenvalue weighted by Crippen LogP contribution is -2.25. The van der Waals surface area contributed by atoms with Gasteiger partial charge in [0.05, 0.1) is 16.8 Å². The minimum atomic E-state index is -0.0654. The van der Waals surface area contributed by atoms with Gasteiger partial charge in [-0.2, -0.15) is 10.2 Å². The number of benzene rings is 1. The summed E-state index contributed by atoms with van der Waals surface area (Å²) >= 11 is 0. The number of unbranched alkanes of at least 4 members (excludes halogenated alkanes) is 1. The van der Waals surface area contributed by atoms with Crippen LogP contribution in [0.1, 0.15) is 26.7 Å². The largest absolute Gasteiger partial charge is 0.304 e. The molecule has 3 heterocycles. The van der Waals surface area contributed by atoms with Crippen LogP contribution >= 0.6 is 0 Å². The molecule has 0 amide bonds. The normalized spacial score (nSPS) is 11.5. The number of hydrogen-bond donors (Lipinski definition) is 0. The van der Waals surface area contributed by atoms with E-state index in [4.69, 9.17) is 10.2 Å². The standard InChI is InChI=1S/C25H29N5O/c1-3-28(4-2)17-10-11-19-30-23(31)16-15-21(26-30)24-22-14-8-9-18-29(22)27-25(24)20-12-6-5-7-13-20/h5-9,12-16,18H,3-4,10-11,17,19H2,1-2H3. The number of rotatable bonds is 9. The summed E-state index contributed by atoms with van der Waals surface area (Å²) < 4.78 is 3.47. The van der Waals surface area contributed by atoms with Crippen molar-refractivity contribution in [3.63, 3.8) is 0 Å². The lowest BCUT2D eigenvalue weighted by atomic mass is 10.0. The highest BCUT2D eigenvalue weighted by molar-refractivity contribution is 5.90. The zero-order chi connectivity index (χ0) is 21.6. The van der Waals surface area contributed by atoms with Gasteiger partial charge >= 0.3 is 0 Å². The highest BCUT2D eigenvalue weighted by atomic mass is 16.1. The molecule has 0 unspecified atom stereocenters. The molecule has 0 radical (unpaired) electrons. The molecule has 31 heavy (non-hydrogen) atoms. The molecule has 0 aliphatic rings. The zero-order valence-corrected chi connectivity index (χ0v) is 18.2. The number of hydrogen-bond acceptors (Lipinski definition) is 4. The quantitative estimate of drug-likeness (QED) is 0.382. The summed E-state index contributed by atoms with van der Waals surface area (Å²) in [4.78, 5) is 14.9. The van der Waals surface area contributed by atoms with E-state index in [0.717, 1.165) is 60.5 Å². The van der Waals surface area contributed by atoms with Gasteiger partial charge in [0.2, 0.25) is 0 Å². The first-order chi connectivity index (χ1) is 15.2. The molecular weight excluding hydrogens is 386 g/mol. The predicted octanol–water partition coefficient (Wildman–Crippen LogP) is 4.35. The molecule has 0 saturated carbocycles. The Morgan fingerprint density at radius 1 is 0.871 bits per heavy atom. The van der Waals surface area contributed by atoms with Crippen LogP contribution < -0.4 is 5.56 Å². The van der Waals surface area contributed by atoms with Crippen molar-refractivity contribution in [2.45, 2.75) is 33.2 Å². The second kappa shape index (κ2) is 9.71. The summed E-state index contributed by atoms with van der Waals surface area (Å²) in [5, 5.41) is 9.55. The van der Waals surface area contributed by atoms with Crippen molar-refractivity contribution in [1.82, 2.24) is 24.3 Å². The average Bonchev–Trinajstić information content (AvgIpc) is 3.20. The Bertz CT molecular complexity index is 1190. The van der Waals surface area contributed by atoms with Crippen LogP contribution in [-0.2, 0) is 6.54 Å². The summed E-state index contributed by atoms with van der Waals surface area (Å²) in [5.74, 6) is 0. The van der Waals surface area contributed by atoms with Crippen LogP contribution in [0, 0.1) is 0 Å². The molecule has 0 spiro atoms. The van der Waals surface area contributed by atoms with Crippen molar-refractivity contribution >= 4 is 5.52 Å². The Labute approximate surface area is 182 Å². The average molecular weight is 416 g/mol. The van der Waals surface area contributed by atoms with E-state index in [1.165, 1.54) is 0 Å². The van der Waals surface area contributed by atoms with Gasteiger partial charge in [-0.25, -0.2) is 9.20 Å². The van der Waals surface area contributed by atoms with E-state index in [-0.39, 0.29) is 5.56 Å². The van der Waals surface area contributed by atoms with Crippen molar-refractivity contribution in [3.8, 4) is 22.5 Å². The van der Waals surface area contributed by atoms with Crippen LogP contribution in [-0.4, -0.2) is 43.9 Å². The van der Waals surface area contributed by atoms with Gasteiger partial charge in [-0.3, -0.25) is 4.79 Å². The first-order valence-corrected chi connectivity index (χ1v) is 11.0. The first kappa shape index (κ1) is 21.0. The number of pyridine rings is 1. The monoisotopic (exact) mass is 415 g/mol. The molecule has 4 aromatic rings. The van der Waals surface area contributed by atoms with Crippen molar-refractivity contribution < 1.29 is 0 Å². The Hall–Kier alpha value is -3.25. The van der Waals surface area contributed by atoms with Gasteiger partial charge in [0, 0.05) is 24.4 Å². The summed E-state index contributed by atoms with van der Waals surface area (Å²) in [6.07, 6.45) is 3.91. The predicted molar refractivity (Wildman–Crippen MR) is 125 cm³/mol. The molecule has 0 N–H and O–H groups in total. The molecule has 0 aliphatic carbocycles. The maximum atomic E-state index is 12.5. The molecule has 0 aliphatic heterocycles. The van der Waals surface area contributed by atoms with Gasteiger partial charge in [-0.15, -0.1) is 0 Å². The number of aryl methyl sites for hydroxylation is 1. The Morgan fingerprint density at radius 3 is 2.42 bits per heavy atom. The van der Waals surface area contributed by atoms with Crippen LogP contribution in [0.5, 0.6) is 0 Å². The van der Waals surface area contributed by atoms with E-state index in [2.05, 4.69) is 30.9 Å². The molecule has 6 nitrogen and oxygen atoms in total. The molecule has 4 rings (SSSR count).